The van der Waals surface area contributed by atoms with Gasteiger partial charge in [-0.2, -0.15) is 0 Å². The number of benzene rings is 2. The van der Waals surface area contributed by atoms with Crippen LogP contribution in [0.3, 0.4) is 0 Å². The number of hydrogen-bond donors (Lipinski definition) is 2. The van der Waals surface area contributed by atoms with E-state index in [1.54, 1.807) is 11.8 Å². The molecule has 3 nitrogen and oxygen atoms in total. The number of aliphatic hydroxyl groups is 1. The van der Waals surface area contributed by atoms with Gasteiger partial charge in [-0.3, -0.25) is 0 Å². The molecule has 134 valence electrons. The number of nitrogens with one attached hydrogen (secondary N) is 1. The van der Waals surface area contributed by atoms with Crippen molar-refractivity contribution < 1.29 is 10.0 Å². The molecular formula is C19H23Cl2N2OS+. The number of piperazine rings is 1. The summed E-state index contributed by atoms with van der Waals surface area (Å²) in [5.74, 6) is 0.672. The third-order valence-electron chi connectivity index (χ3n) is 4.44. The van der Waals surface area contributed by atoms with Gasteiger partial charge in [0.2, 0.25) is 0 Å². The van der Waals surface area contributed by atoms with Crippen molar-refractivity contribution in [3.8, 4) is 0 Å². The van der Waals surface area contributed by atoms with E-state index in [0.29, 0.717) is 5.75 Å². The molecule has 2 N–H and O–H groups in total. The van der Waals surface area contributed by atoms with Crippen LogP contribution in [0.1, 0.15) is 0 Å². The lowest BCUT2D eigenvalue weighted by Crippen LogP contribution is -3.15. The van der Waals surface area contributed by atoms with Gasteiger partial charge in [0.15, 0.2) is 0 Å². The summed E-state index contributed by atoms with van der Waals surface area (Å²) in [6, 6.07) is 15.8. The van der Waals surface area contributed by atoms with Crippen molar-refractivity contribution in [1.82, 2.24) is 0 Å². The largest absolute Gasteiger partial charge is 0.386 e. The van der Waals surface area contributed by atoms with Gasteiger partial charge in [-0.15, -0.1) is 11.8 Å². The highest BCUT2D eigenvalue weighted by molar-refractivity contribution is 7.99. The maximum Gasteiger partial charge on any atom is 0.112 e. The van der Waals surface area contributed by atoms with Crippen LogP contribution in [-0.2, 0) is 0 Å². The molecule has 1 aliphatic rings. The van der Waals surface area contributed by atoms with Crippen LogP contribution in [0.4, 0.5) is 5.69 Å². The van der Waals surface area contributed by atoms with E-state index in [-0.39, 0.29) is 6.10 Å². The van der Waals surface area contributed by atoms with Crippen molar-refractivity contribution in [1.29, 1.82) is 0 Å². The molecule has 1 saturated heterocycles. The Morgan fingerprint density at radius 1 is 1.08 bits per heavy atom. The first kappa shape index (κ1) is 18.9. The molecule has 0 bridgehead atoms. The zero-order chi connectivity index (χ0) is 17.6. The summed E-state index contributed by atoms with van der Waals surface area (Å²) < 4.78 is 0. The second-order valence-electron chi connectivity index (χ2n) is 6.32. The van der Waals surface area contributed by atoms with Crippen LogP contribution in [0.2, 0.25) is 10.0 Å². The van der Waals surface area contributed by atoms with Crippen LogP contribution in [0.25, 0.3) is 0 Å². The van der Waals surface area contributed by atoms with E-state index >= 15 is 0 Å². The molecule has 1 heterocycles. The minimum absolute atomic E-state index is 0.325. The van der Waals surface area contributed by atoms with Gasteiger partial charge in [0, 0.05) is 21.4 Å². The van der Waals surface area contributed by atoms with E-state index < -0.39 is 0 Å². The van der Waals surface area contributed by atoms with E-state index in [1.165, 1.54) is 10.6 Å². The number of aliphatic hydroxyl groups excluding tert-OH is 1. The lowest BCUT2D eigenvalue weighted by molar-refractivity contribution is -0.903. The second kappa shape index (κ2) is 9.15. The van der Waals surface area contributed by atoms with Crippen LogP contribution in [0.5, 0.6) is 0 Å². The Kier molecular flexibility index (Phi) is 6.91. The van der Waals surface area contributed by atoms with E-state index in [0.717, 1.165) is 47.7 Å². The van der Waals surface area contributed by atoms with E-state index in [9.17, 15) is 5.11 Å². The zero-order valence-electron chi connectivity index (χ0n) is 14.0. The number of halogens is 2. The molecule has 1 aliphatic heterocycles. The van der Waals surface area contributed by atoms with Gasteiger partial charge in [0.1, 0.15) is 12.6 Å². The molecule has 2 aromatic carbocycles. The average molecular weight is 398 g/mol. The zero-order valence-corrected chi connectivity index (χ0v) is 16.3. The van der Waals surface area contributed by atoms with Gasteiger partial charge in [-0.1, -0.05) is 41.4 Å². The van der Waals surface area contributed by atoms with E-state index in [1.807, 2.05) is 42.5 Å². The lowest BCUT2D eigenvalue weighted by Gasteiger charge is -2.34. The van der Waals surface area contributed by atoms with Gasteiger partial charge in [-0.25, -0.2) is 0 Å². The Morgan fingerprint density at radius 3 is 2.56 bits per heavy atom. The van der Waals surface area contributed by atoms with Crippen LogP contribution >= 0.6 is 35.0 Å². The van der Waals surface area contributed by atoms with E-state index in [4.69, 9.17) is 23.2 Å². The summed E-state index contributed by atoms with van der Waals surface area (Å²) in [5, 5.41) is 11.9. The van der Waals surface area contributed by atoms with Crippen LogP contribution in [0, 0.1) is 0 Å². The molecule has 1 fully saturated rings. The van der Waals surface area contributed by atoms with Crippen molar-refractivity contribution >= 4 is 40.7 Å². The van der Waals surface area contributed by atoms with Gasteiger partial charge in [0.05, 0.1) is 31.2 Å². The molecule has 0 saturated carbocycles. The molecule has 2 aromatic rings. The maximum absolute atomic E-state index is 10.4. The normalized spacial score (nSPS) is 16.8. The Morgan fingerprint density at radius 2 is 1.84 bits per heavy atom. The molecule has 25 heavy (non-hydrogen) atoms. The average Bonchev–Trinajstić information content (AvgIpc) is 2.62. The van der Waals surface area contributed by atoms with Crippen molar-refractivity contribution in [2.45, 2.75) is 11.0 Å². The Balaban J connectivity index is 1.43. The summed E-state index contributed by atoms with van der Waals surface area (Å²) in [6.07, 6.45) is -0.325. The first-order chi connectivity index (χ1) is 12.1. The smallest absolute Gasteiger partial charge is 0.112 e. The maximum atomic E-state index is 10.4. The van der Waals surface area contributed by atoms with Crippen molar-refractivity contribution in [2.75, 3.05) is 43.4 Å². The van der Waals surface area contributed by atoms with Crippen LogP contribution < -0.4 is 9.80 Å². The number of nitrogens with zero attached hydrogens (tertiary/aromatic N) is 1. The quantitative estimate of drug-likeness (QED) is 0.733. The molecular weight excluding hydrogens is 375 g/mol. The fourth-order valence-corrected chi connectivity index (χ4v) is 4.45. The molecule has 0 amide bonds. The summed E-state index contributed by atoms with van der Waals surface area (Å²) in [6.45, 7) is 4.81. The molecule has 3 rings (SSSR count). The van der Waals surface area contributed by atoms with Crippen LogP contribution in [-0.4, -0.2) is 49.7 Å². The van der Waals surface area contributed by atoms with Crippen LogP contribution in [0.15, 0.2) is 53.4 Å². The highest BCUT2D eigenvalue weighted by Gasteiger charge is 2.22. The third kappa shape index (κ3) is 5.53. The molecule has 0 aromatic heterocycles. The first-order valence-electron chi connectivity index (χ1n) is 8.51. The predicted molar refractivity (Wildman–Crippen MR) is 107 cm³/mol. The third-order valence-corrected chi connectivity index (χ3v) is 6.33. The number of anilines is 1. The topological polar surface area (TPSA) is 27.9 Å². The number of thioether (sulfide) groups is 1. The second-order valence-corrected chi connectivity index (χ2v) is 8.22. The summed E-state index contributed by atoms with van der Waals surface area (Å²) >= 11 is 13.9. The number of hydrogen-bond acceptors (Lipinski definition) is 3. The first-order valence-corrected chi connectivity index (χ1v) is 10.3. The fourth-order valence-electron chi connectivity index (χ4n) is 3.10. The molecule has 0 spiro atoms. The van der Waals surface area contributed by atoms with Crippen molar-refractivity contribution in [3.05, 3.63) is 58.6 Å². The molecule has 0 aliphatic carbocycles. The standard InChI is InChI=1S/C19H22Cl2N2OS/c20-15-4-3-5-16(12-15)23-10-8-22(9-11-23)13-17(24)14-25-19-7-2-1-6-18(19)21/h1-7,12,17,24H,8-11,13-14H2/p+1/t17-/m0/s1. The molecule has 0 unspecified atom stereocenters. The van der Waals surface area contributed by atoms with Gasteiger partial charge in [-0.05, 0) is 30.3 Å². The SMILES string of the molecule is O[C@H](CSc1ccccc1Cl)C[NH+]1CCN(c2cccc(Cl)c2)CC1. The highest BCUT2D eigenvalue weighted by Crippen LogP contribution is 2.26. The highest BCUT2D eigenvalue weighted by atomic mass is 35.5. The lowest BCUT2D eigenvalue weighted by atomic mass is 10.2. The summed E-state index contributed by atoms with van der Waals surface area (Å²) in [4.78, 5) is 4.84. The Bertz CT molecular complexity index is 693. The minimum atomic E-state index is -0.325. The number of quaternary nitrogens is 1. The van der Waals surface area contributed by atoms with Gasteiger partial charge < -0.3 is 14.9 Å². The van der Waals surface area contributed by atoms with Crippen molar-refractivity contribution in [3.63, 3.8) is 0 Å². The summed E-state index contributed by atoms with van der Waals surface area (Å²) in [7, 11) is 0. The van der Waals surface area contributed by atoms with Gasteiger partial charge in [0.25, 0.3) is 0 Å². The minimum Gasteiger partial charge on any atom is -0.386 e. The molecule has 6 heteroatoms. The molecule has 1 atom stereocenters. The van der Waals surface area contributed by atoms with Gasteiger partial charge >= 0.3 is 0 Å². The fraction of sp³-hybridized carbons (Fsp3) is 0.368. The molecule has 0 radical (unpaired) electrons. The monoisotopic (exact) mass is 397 g/mol. The van der Waals surface area contributed by atoms with E-state index in [2.05, 4.69) is 11.0 Å². The summed E-state index contributed by atoms with van der Waals surface area (Å²) in [5.41, 5.74) is 1.18. The Labute approximate surface area is 163 Å². The Hall–Kier alpha value is -0.910. The number of rotatable bonds is 6. The predicted octanol–water partition coefficient (Wildman–Crippen LogP) is 2.85. The van der Waals surface area contributed by atoms with Crippen molar-refractivity contribution in [2.24, 2.45) is 0 Å².